The van der Waals surface area contributed by atoms with Crippen LogP contribution in [0.15, 0.2) is 65.7 Å². The van der Waals surface area contributed by atoms with Crippen molar-refractivity contribution in [1.29, 1.82) is 0 Å². The molecule has 0 bridgehead atoms. The van der Waals surface area contributed by atoms with E-state index in [1.54, 1.807) is 31.4 Å². The van der Waals surface area contributed by atoms with Crippen molar-refractivity contribution in [2.75, 3.05) is 43.1 Å². The second kappa shape index (κ2) is 10.1. The lowest BCUT2D eigenvalue weighted by Crippen LogP contribution is -2.55. The van der Waals surface area contributed by atoms with Crippen molar-refractivity contribution < 1.29 is 23.4 Å². The number of benzene rings is 3. The number of halogens is 2. The normalized spacial score (nSPS) is 17.4. The fourth-order valence-electron chi connectivity index (χ4n) is 5.02. The predicted molar refractivity (Wildman–Crippen MR) is 139 cm³/mol. The van der Waals surface area contributed by atoms with Crippen LogP contribution in [-0.2, 0) is 4.79 Å². The van der Waals surface area contributed by atoms with Gasteiger partial charge in [0.05, 0.1) is 25.3 Å². The van der Waals surface area contributed by atoms with Crippen LogP contribution >= 0.6 is 0 Å². The largest absolute Gasteiger partial charge is 0.495 e. The highest BCUT2D eigenvalue weighted by atomic mass is 19.1. The minimum absolute atomic E-state index is 0.160. The summed E-state index contributed by atoms with van der Waals surface area (Å²) in [5, 5.41) is 9.84. The number of fused-ring (bicyclic) bond motifs is 1. The molecule has 0 radical (unpaired) electrons. The molecule has 192 valence electrons. The van der Waals surface area contributed by atoms with Gasteiger partial charge in [0.1, 0.15) is 23.1 Å². The molecule has 1 fully saturated rings. The number of aliphatic imine (C=N–C) groups is 1. The van der Waals surface area contributed by atoms with Crippen LogP contribution in [0.2, 0.25) is 0 Å². The number of nitrogens with zero attached hydrogens (tertiary/aromatic N) is 4. The van der Waals surface area contributed by atoms with Gasteiger partial charge in [-0.25, -0.2) is 13.8 Å². The highest BCUT2D eigenvalue weighted by Crippen LogP contribution is 2.44. The molecule has 1 atom stereocenters. The molecule has 1 N–H and O–H groups in total. The number of aryl methyl sites for hydroxylation is 1. The Balaban J connectivity index is 1.58. The maximum Gasteiger partial charge on any atom is 0.305 e. The molecular weight excluding hydrogens is 478 g/mol. The summed E-state index contributed by atoms with van der Waals surface area (Å²) in [4.78, 5) is 22.9. The predicted octanol–water partition coefficient (Wildman–Crippen LogP) is 5.13. The molecule has 1 saturated heterocycles. The first kappa shape index (κ1) is 24.5. The van der Waals surface area contributed by atoms with Gasteiger partial charge in [0.15, 0.2) is 0 Å². The fraction of sp³-hybridized carbons (Fsp3) is 0.286. The lowest BCUT2D eigenvalue weighted by atomic mass is 9.96. The number of carboxylic acids is 1. The number of carbonyl (C=O) groups is 1. The number of rotatable bonds is 5. The van der Waals surface area contributed by atoms with E-state index in [9.17, 15) is 14.3 Å². The number of methoxy groups -OCH3 is 1. The van der Waals surface area contributed by atoms with Crippen LogP contribution in [0, 0.1) is 18.6 Å². The van der Waals surface area contributed by atoms with E-state index in [2.05, 4.69) is 4.90 Å². The number of ether oxygens (including phenoxy) is 1. The third kappa shape index (κ3) is 4.81. The monoisotopic (exact) mass is 506 g/mol. The van der Waals surface area contributed by atoms with Gasteiger partial charge in [0.2, 0.25) is 5.96 Å². The number of hydrogen-bond acceptors (Lipinski definition) is 6. The van der Waals surface area contributed by atoms with Crippen LogP contribution < -0.4 is 14.5 Å². The number of anilines is 2. The Morgan fingerprint density at radius 2 is 1.73 bits per heavy atom. The van der Waals surface area contributed by atoms with E-state index in [1.165, 1.54) is 18.2 Å². The summed E-state index contributed by atoms with van der Waals surface area (Å²) in [5.74, 6) is -0.734. The third-order valence-corrected chi connectivity index (χ3v) is 6.83. The zero-order valence-electron chi connectivity index (χ0n) is 20.7. The second-order valence-electron chi connectivity index (χ2n) is 9.20. The highest BCUT2D eigenvalue weighted by Gasteiger charge is 2.38. The zero-order valence-corrected chi connectivity index (χ0v) is 20.7. The van der Waals surface area contributed by atoms with Crippen LogP contribution in [0.1, 0.15) is 23.6 Å². The van der Waals surface area contributed by atoms with Crippen LogP contribution in [-0.4, -0.2) is 55.2 Å². The lowest BCUT2D eigenvalue weighted by molar-refractivity contribution is -0.137. The number of carboxylic acid groups (broad SMARTS) is 1. The Morgan fingerprint density at radius 1 is 1.03 bits per heavy atom. The minimum Gasteiger partial charge on any atom is -0.495 e. The van der Waals surface area contributed by atoms with Gasteiger partial charge in [-0.3, -0.25) is 4.79 Å². The highest BCUT2D eigenvalue weighted by molar-refractivity contribution is 6.02. The van der Waals surface area contributed by atoms with Gasteiger partial charge < -0.3 is 24.5 Å². The van der Waals surface area contributed by atoms with Crippen molar-refractivity contribution >= 4 is 29.0 Å². The quantitative estimate of drug-likeness (QED) is 0.518. The number of aliphatic carboxylic acids is 1. The maximum absolute atomic E-state index is 15.0. The Kier molecular flexibility index (Phi) is 6.69. The van der Waals surface area contributed by atoms with Gasteiger partial charge in [0, 0.05) is 37.4 Å². The van der Waals surface area contributed by atoms with Gasteiger partial charge >= 0.3 is 5.97 Å². The van der Waals surface area contributed by atoms with Crippen LogP contribution in [0.25, 0.3) is 0 Å². The Bertz CT molecular complexity index is 1340. The molecule has 9 heteroatoms. The standard InChI is InChI=1S/C28H28F2N4O3/c1-18-6-11-25(37-2)24(16-18)34-23(17-26(35)36)21-4-3-5-22(30)27(21)31-28(34)33-14-12-32(13-15-33)20-9-7-19(29)8-10-20/h3-11,16,23H,12-15,17H2,1-2H3,(H,35,36). The molecule has 2 aliphatic heterocycles. The molecule has 0 spiro atoms. The summed E-state index contributed by atoms with van der Waals surface area (Å²) < 4.78 is 34.1. The summed E-state index contributed by atoms with van der Waals surface area (Å²) in [7, 11) is 1.57. The lowest BCUT2D eigenvalue weighted by Gasteiger charge is -2.45. The number of para-hydroxylation sites is 1. The van der Waals surface area contributed by atoms with Crippen LogP contribution in [0.3, 0.4) is 0 Å². The molecule has 1 unspecified atom stereocenters. The molecule has 0 aromatic heterocycles. The Labute approximate surface area is 214 Å². The van der Waals surface area contributed by atoms with Gasteiger partial charge in [-0.1, -0.05) is 18.2 Å². The SMILES string of the molecule is COc1ccc(C)cc1N1C(N2CCN(c3ccc(F)cc3)CC2)=Nc2c(F)cccc2C1CC(=O)O. The third-order valence-electron chi connectivity index (χ3n) is 6.83. The first-order valence-electron chi connectivity index (χ1n) is 12.1. The maximum atomic E-state index is 15.0. The van der Waals surface area contributed by atoms with E-state index < -0.39 is 17.8 Å². The summed E-state index contributed by atoms with van der Waals surface area (Å²) in [5.41, 5.74) is 3.23. The van der Waals surface area contributed by atoms with E-state index in [-0.39, 0.29) is 17.9 Å². The molecule has 7 nitrogen and oxygen atoms in total. The molecule has 2 aliphatic rings. The van der Waals surface area contributed by atoms with E-state index in [4.69, 9.17) is 9.73 Å². The van der Waals surface area contributed by atoms with Gasteiger partial charge in [0.25, 0.3) is 0 Å². The van der Waals surface area contributed by atoms with Crippen molar-refractivity contribution in [3.05, 3.63) is 83.4 Å². The van der Waals surface area contributed by atoms with Crippen LogP contribution in [0.5, 0.6) is 5.75 Å². The second-order valence-corrected chi connectivity index (χ2v) is 9.20. The summed E-state index contributed by atoms with van der Waals surface area (Å²) in [6.07, 6.45) is -0.248. The Hall–Kier alpha value is -4.14. The topological polar surface area (TPSA) is 68.6 Å². The molecule has 37 heavy (non-hydrogen) atoms. The average molecular weight is 507 g/mol. The van der Waals surface area contributed by atoms with Crippen molar-refractivity contribution in [1.82, 2.24) is 4.90 Å². The Morgan fingerprint density at radius 3 is 2.41 bits per heavy atom. The van der Waals surface area contributed by atoms with Crippen molar-refractivity contribution in [3.63, 3.8) is 0 Å². The molecule has 0 aliphatic carbocycles. The van der Waals surface area contributed by atoms with Crippen molar-refractivity contribution in [3.8, 4) is 5.75 Å². The minimum atomic E-state index is -1.00. The molecule has 0 saturated carbocycles. The van der Waals surface area contributed by atoms with Gasteiger partial charge in [-0.2, -0.15) is 0 Å². The number of hydrogen-bond donors (Lipinski definition) is 1. The molecular formula is C28H28F2N4O3. The van der Waals surface area contributed by atoms with Crippen molar-refractivity contribution in [2.45, 2.75) is 19.4 Å². The van der Waals surface area contributed by atoms with E-state index in [1.807, 2.05) is 34.9 Å². The van der Waals surface area contributed by atoms with E-state index in [0.29, 0.717) is 49.1 Å². The first-order chi connectivity index (χ1) is 17.9. The average Bonchev–Trinajstić information content (AvgIpc) is 2.89. The van der Waals surface area contributed by atoms with Gasteiger partial charge in [-0.05, 0) is 55.0 Å². The van der Waals surface area contributed by atoms with E-state index >= 15 is 4.39 Å². The molecule has 5 rings (SSSR count). The zero-order chi connectivity index (χ0) is 26.1. The summed E-state index contributed by atoms with van der Waals surface area (Å²) in [6.45, 7) is 4.34. The van der Waals surface area contributed by atoms with E-state index in [0.717, 1.165) is 11.3 Å². The fourth-order valence-corrected chi connectivity index (χ4v) is 5.02. The number of guanidine groups is 1. The molecule has 3 aromatic rings. The summed E-state index contributed by atoms with van der Waals surface area (Å²) in [6, 6.07) is 16.0. The molecule has 2 heterocycles. The molecule has 3 aromatic carbocycles. The summed E-state index contributed by atoms with van der Waals surface area (Å²) >= 11 is 0. The number of piperazine rings is 1. The van der Waals surface area contributed by atoms with Crippen LogP contribution in [0.4, 0.5) is 25.8 Å². The smallest absolute Gasteiger partial charge is 0.305 e. The first-order valence-corrected chi connectivity index (χ1v) is 12.1. The molecule has 0 amide bonds. The van der Waals surface area contributed by atoms with Crippen molar-refractivity contribution in [2.24, 2.45) is 4.99 Å². The van der Waals surface area contributed by atoms with Gasteiger partial charge in [-0.15, -0.1) is 0 Å².